The van der Waals surface area contributed by atoms with Crippen molar-refractivity contribution in [1.29, 1.82) is 0 Å². The molecule has 0 aromatic heterocycles. The monoisotopic (exact) mass is 184 g/mol. The fraction of sp³-hybridized carbons (Fsp3) is 0.778. The fourth-order valence-corrected chi connectivity index (χ4v) is 1.89. The van der Waals surface area contributed by atoms with Crippen LogP contribution in [-0.2, 0) is 4.79 Å². The third kappa shape index (κ3) is 1.99. The SMILES string of the molecule is CC1NC(=O)NC(=O)C1C(C)(C)C. The summed E-state index contributed by atoms with van der Waals surface area (Å²) in [6.45, 7) is 7.83. The second-order valence-corrected chi connectivity index (χ2v) is 4.60. The number of hydrogen-bond donors (Lipinski definition) is 2. The Morgan fingerprint density at radius 1 is 1.23 bits per heavy atom. The zero-order chi connectivity index (χ0) is 10.2. The summed E-state index contributed by atoms with van der Waals surface area (Å²) in [6, 6.07) is -0.487. The molecule has 0 aromatic rings. The van der Waals surface area contributed by atoms with Crippen molar-refractivity contribution in [2.24, 2.45) is 11.3 Å². The maximum Gasteiger partial charge on any atom is 0.321 e. The fourth-order valence-electron chi connectivity index (χ4n) is 1.89. The Hall–Kier alpha value is -1.06. The highest BCUT2D eigenvalue weighted by molar-refractivity contribution is 5.98. The Morgan fingerprint density at radius 3 is 2.15 bits per heavy atom. The van der Waals surface area contributed by atoms with Crippen molar-refractivity contribution in [3.8, 4) is 0 Å². The summed E-state index contributed by atoms with van der Waals surface area (Å²) < 4.78 is 0. The van der Waals surface area contributed by atoms with Gasteiger partial charge in [0.2, 0.25) is 5.91 Å². The molecule has 0 radical (unpaired) electrons. The molecule has 1 heterocycles. The van der Waals surface area contributed by atoms with Crippen molar-refractivity contribution in [2.75, 3.05) is 0 Å². The van der Waals surface area contributed by atoms with Crippen molar-refractivity contribution in [1.82, 2.24) is 10.6 Å². The Balaban J connectivity index is 2.85. The molecule has 0 bridgehead atoms. The summed E-state index contributed by atoms with van der Waals surface area (Å²) in [5.41, 5.74) is -0.128. The number of nitrogens with one attached hydrogen (secondary N) is 2. The Morgan fingerprint density at radius 2 is 1.77 bits per heavy atom. The molecule has 2 N–H and O–H groups in total. The highest BCUT2D eigenvalue weighted by Gasteiger charge is 2.40. The molecule has 1 fully saturated rings. The molecule has 1 aliphatic heterocycles. The van der Waals surface area contributed by atoms with Gasteiger partial charge in [-0.05, 0) is 12.3 Å². The average molecular weight is 184 g/mol. The summed E-state index contributed by atoms with van der Waals surface area (Å²) in [4.78, 5) is 22.4. The number of urea groups is 1. The van der Waals surface area contributed by atoms with Gasteiger partial charge in [-0.25, -0.2) is 4.79 Å². The van der Waals surface area contributed by atoms with Crippen molar-refractivity contribution in [2.45, 2.75) is 33.7 Å². The molecule has 4 heteroatoms. The van der Waals surface area contributed by atoms with Gasteiger partial charge in [-0.1, -0.05) is 20.8 Å². The van der Waals surface area contributed by atoms with Gasteiger partial charge in [0.15, 0.2) is 0 Å². The minimum absolute atomic E-state index is 0.0961. The van der Waals surface area contributed by atoms with Crippen LogP contribution in [0.2, 0.25) is 0 Å². The van der Waals surface area contributed by atoms with E-state index >= 15 is 0 Å². The predicted octanol–water partition coefficient (Wildman–Crippen LogP) is 0.877. The largest absolute Gasteiger partial charge is 0.335 e. The van der Waals surface area contributed by atoms with E-state index in [1.165, 1.54) is 0 Å². The van der Waals surface area contributed by atoms with Crippen LogP contribution in [0.1, 0.15) is 27.7 Å². The summed E-state index contributed by atoms with van der Waals surface area (Å²) in [5, 5.41) is 4.97. The van der Waals surface area contributed by atoms with Crippen molar-refractivity contribution < 1.29 is 9.59 Å². The van der Waals surface area contributed by atoms with E-state index in [-0.39, 0.29) is 23.3 Å². The topological polar surface area (TPSA) is 58.2 Å². The van der Waals surface area contributed by atoms with E-state index in [0.29, 0.717) is 0 Å². The van der Waals surface area contributed by atoms with Crippen LogP contribution < -0.4 is 10.6 Å². The second kappa shape index (κ2) is 3.01. The molecule has 3 amide bonds. The molecule has 1 rings (SSSR count). The lowest BCUT2D eigenvalue weighted by molar-refractivity contribution is -0.129. The van der Waals surface area contributed by atoms with Crippen LogP contribution in [0.25, 0.3) is 0 Å². The van der Waals surface area contributed by atoms with Gasteiger partial charge in [0.05, 0.1) is 5.92 Å². The highest BCUT2D eigenvalue weighted by atomic mass is 16.2. The van der Waals surface area contributed by atoms with Gasteiger partial charge >= 0.3 is 6.03 Å². The highest BCUT2D eigenvalue weighted by Crippen LogP contribution is 2.30. The van der Waals surface area contributed by atoms with Gasteiger partial charge in [-0.15, -0.1) is 0 Å². The van der Waals surface area contributed by atoms with E-state index in [2.05, 4.69) is 10.6 Å². The van der Waals surface area contributed by atoms with Gasteiger partial charge in [0, 0.05) is 6.04 Å². The second-order valence-electron chi connectivity index (χ2n) is 4.60. The van der Waals surface area contributed by atoms with Crippen LogP contribution in [0.3, 0.4) is 0 Å². The zero-order valence-corrected chi connectivity index (χ0v) is 8.47. The number of hydrogen-bond acceptors (Lipinski definition) is 2. The minimum atomic E-state index is -0.391. The number of imide groups is 1. The molecule has 4 nitrogen and oxygen atoms in total. The molecule has 2 unspecified atom stereocenters. The molecule has 74 valence electrons. The summed E-state index contributed by atoms with van der Waals surface area (Å²) in [6.07, 6.45) is 0. The first-order valence-electron chi connectivity index (χ1n) is 4.43. The van der Waals surface area contributed by atoms with E-state index in [1.807, 2.05) is 27.7 Å². The van der Waals surface area contributed by atoms with Crippen LogP contribution in [0.4, 0.5) is 4.79 Å². The van der Waals surface area contributed by atoms with E-state index < -0.39 is 6.03 Å². The first-order chi connectivity index (χ1) is 5.82. The quantitative estimate of drug-likeness (QED) is 0.587. The van der Waals surface area contributed by atoms with E-state index in [4.69, 9.17) is 0 Å². The Labute approximate surface area is 78.1 Å². The van der Waals surface area contributed by atoms with Gasteiger partial charge in [0.25, 0.3) is 0 Å². The van der Waals surface area contributed by atoms with Crippen LogP contribution in [0.5, 0.6) is 0 Å². The van der Waals surface area contributed by atoms with Crippen LogP contribution >= 0.6 is 0 Å². The normalized spacial score (nSPS) is 29.5. The zero-order valence-electron chi connectivity index (χ0n) is 8.47. The predicted molar refractivity (Wildman–Crippen MR) is 49.1 cm³/mol. The number of carbonyl (C=O) groups is 2. The Kier molecular flexibility index (Phi) is 2.32. The number of rotatable bonds is 0. The smallest absolute Gasteiger partial charge is 0.321 e. The molecule has 0 aromatic carbocycles. The third-order valence-corrected chi connectivity index (χ3v) is 2.31. The first kappa shape index (κ1) is 10.0. The van der Waals surface area contributed by atoms with Gasteiger partial charge in [-0.3, -0.25) is 10.1 Å². The average Bonchev–Trinajstić information content (AvgIpc) is 1.78. The molecule has 1 aliphatic rings. The standard InChI is InChI=1S/C9H16N2O2/c1-5-6(9(2,3)4)7(12)11-8(13)10-5/h5-6H,1-4H3,(H2,10,11,12,13). The van der Waals surface area contributed by atoms with Gasteiger partial charge in [-0.2, -0.15) is 0 Å². The summed E-state index contributed by atoms with van der Waals surface area (Å²) in [5.74, 6) is -0.339. The molecule has 13 heavy (non-hydrogen) atoms. The van der Waals surface area contributed by atoms with Crippen molar-refractivity contribution in [3.63, 3.8) is 0 Å². The third-order valence-electron chi connectivity index (χ3n) is 2.31. The lowest BCUT2D eigenvalue weighted by Crippen LogP contribution is -2.60. The van der Waals surface area contributed by atoms with E-state index in [0.717, 1.165) is 0 Å². The maximum absolute atomic E-state index is 11.5. The maximum atomic E-state index is 11.5. The molecule has 0 aliphatic carbocycles. The molecule has 2 atom stereocenters. The van der Waals surface area contributed by atoms with Crippen LogP contribution in [-0.4, -0.2) is 18.0 Å². The van der Waals surface area contributed by atoms with Gasteiger partial charge < -0.3 is 5.32 Å². The van der Waals surface area contributed by atoms with Gasteiger partial charge in [0.1, 0.15) is 0 Å². The number of amides is 3. The summed E-state index contributed by atoms with van der Waals surface area (Å²) >= 11 is 0. The summed E-state index contributed by atoms with van der Waals surface area (Å²) in [7, 11) is 0. The first-order valence-corrected chi connectivity index (χ1v) is 4.43. The molecular weight excluding hydrogens is 168 g/mol. The van der Waals surface area contributed by atoms with Crippen molar-refractivity contribution in [3.05, 3.63) is 0 Å². The molecule has 1 saturated heterocycles. The van der Waals surface area contributed by atoms with Crippen molar-refractivity contribution >= 4 is 11.9 Å². The lowest BCUT2D eigenvalue weighted by Gasteiger charge is -2.37. The van der Waals surface area contributed by atoms with Crippen LogP contribution in [0.15, 0.2) is 0 Å². The Bertz CT molecular complexity index is 242. The molecular formula is C9H16N2O2. The van der Waals surface area contributed by atoms with E-state index in [9.17, 15) is 9.59 Å². The lowest BCUT2D eigenvalue weighted by atomic mass is 9.75. The van der Waals surface area contributed by atoms with Crippen LogP contribution in [0, 0.1) is 11.3 Å². The van der Waals surface area contributed by atoms with E-state index in [1.54, 1.807) is 0 Å². The molecule has 0 spiro atoms. The minimum Gasteiger partial charge on any atom is -0.335 e. The molecule has 0 saturated carbocycles. The number of carbonyl (C=O) groups excluding carboxylic acids is 2.